The minimum atomic E-state index is 0.189. The lowest BCUT2D eigenvalue weighted by molar-refractivity contribution is -0.135. The van der Waals surface area contributed by atoms with Gasteiger partial charge in [0.05, 0.1) is 12.2 Å². The molecule has 0 spiro atoms. The van der Waals surface area contributed by atoms with Crippen molar-refractivity contribution in [3.8, 4) is 0 Å². The van der Waals surface area contributed by atoms with E-state index in [2.05, 4.69) is 16.9 Å². The van der Waals surface area contributed by atoms with E-state index in [-0.39, 0.29) is 11.8 Å². The van der Waals surface area contributed by atoms with Crippen LogP contribution in [0.1, 0.15) is 48.2 Å². The highest BCUT2D eigenvalue weighted by Crippen LogP contribution is 2.26. The topological polar surface area (TPSA) is 74.6 Å². The number of carbonyl (C=O) groups is 2. The quantitative estimate of drug-likeness (QED) is 0.711. The number of rotatable bonds is 5. The van der Waals surface area contributed by atoms with Crippen molar-refractivity contribution >= 4 is 22.8 Å². The number of nitrogens with zero attached hydrogens (tertiary/aromatic N) is 6. The van der Waals surface area contributed by atoms with Crippen molar-refractivity contribution in [3.63, 3.8) is 0 Å². The van der Waals surface area contributed by atoms with Gasteiger partial charge in [0.25, 0.3) is 0 Å². The second kappa shape index (κ2) is 9.57. The van der Waals surface area contributed by atoms with Gasteiger partial charge in [-0.3, -0.25) is 19.2 Å². The summed E-state index contributed by atoms with van der Waals surface area (Å²) >= 11 is 0. The van der Waals surface area contributed by atoms with Gasteiger partial charge in [-0.1, -0.05) is 0 Å². The number of likely N-dealkylation sites (tertiary alicyclic amines) is 1. The van der Waals surface area contributed by atoms with Crippen molar-refractivity contribution in [1.29, 1.82) is 0 Å². The van der Waals surface area contributed by atoms with Crippen molar-refractivity contribution in [2.75, 3.05) is 45.8 Å². The van der Waals surface area contributed by atoms with E-state index in [0.29, 0.717) is 32.5 Å². The third-order valence-electron chi connectivity index (χ3n) is 7.11. The summed E-state index contributed by atoms with van der Waals surface area (Å²) in [7, 11) is 1.92. The van der Waals surface area contributed by atoms with E-state index in [1.54, 1.807) is 0 Å². The Hall–Kier alpha value is -2.48. The number of piperazine rings is 1. The summed E-state index contributed by atoms with van der Waals surface area (Å²) < 4.78 is 1.83. The smallest absolute Gasteiger partial charge is 0.236 e. The number of aromatic nitrogens is 3. The molecule has 2 aromatic heterocycles. The first-order chi connectivity index (χ1) is 15.3. The summed E-state index contributed by atoms with van der Waals surface area (Å²) in [6.45, 7) is 11.4. The van der Waals surface area contributed by atoms with Crippen LogP contribution in [0.3, 0.4) is 0 Å². The molecule has 0 aliphatic carbocycles. The van der Waals surface area contributed by atoms with E-state index >= 15 is 0 Å². The lowest BCUT2D eigenvalue weighted by Gasteiger charge is -2.36. The molecule has 0 saturated carbocycles. The summed E-state index contributed by atoms with van der Waals surface area (Å²) in [5, 5.41) is 5.61. The Morgan fingerprint density at radius 3 is 2.19 bits per heavy atom. The van der Waals surface area contributed by atoms with Gasteiger partial charge >= 0.3 is 0 Å². The standard InChI is InChI=1S/C24H36N6O2/c1-17-20(18(2)25-24-23(17)19(3)26-27(24)4)8-9-21(31)30-14-12-28(13-15-30)16-22(32)29-10-6-5-7-11-29/h5-16H2,1-4H3. The molecule has 2 amide bonds. The van der Waals surface area contributed by atoms with Crippen molar-refractivity contribution < 1.29 is 9.59 Å². The Morgan fingerprint density at radius 1 is 0.844 bits per heavy atom. The molecule has 8 nitrogen and oxygen atoms in total. The highest BCUT2D eigenvalue weighted by molar-refractivity contribution is 5.84. The molecule has 0 radical (unpaired) electrons. The number of hydrogen-bond acceptors (Lipinski definition) is 5. The van der Waals surface area contributed by atoms with E-state index < -0.39 is 0 Å². The molecule has 4 rings (SSSR count). The SMILES string of the molecule is Cc1nc2c(c(C)nn2C)c(C)c1CCC(=O)N1CCN(CC(=O)N2CCCCC2)CC1. The molecule has 0 bridgehead atoms. The van der Waals surface area contributed by atoms with Crippen LogP contribution in [0.4, 0.5) is 0 Å². The number of piperidine rings is 1. The normalized spacial score (nSPS) is 17.9. The molecule has 32 heavy (non-hydrogen) atoms. The van der Waals surface area contributed by atoms with Gasteiger partial charge < -0.3 is 9.80 Å². The third-order valence-corrected chi connectivity index (χ3v) is 7.11. The highest BCUT2D eigenvalue weighted by atomic mass is 16.2. The van der Waals surface area contributed by atoms with Gasteiger partial charge in [0.2, 0.25) is 11.8 Å². The van der Waals surface area contributed by atoms with E-state index in [0.717, 1.165) is 67.0 Å². The molecule has 0 unspecified atom stereocenters. The second-order valence-electron chi connectivity index (χ2n) is 9.31. The molecular formula is C24H36N6O2. The van der Waals surface area contributed by atoms with Crippen LogP contribution < -0.4 is 0 Å². The van der Waals surface area contributed by atoms with E-state index in [4.69, 9.17) is 4.98 Å². The van der Waals surface area contributed by atoms with Gasteiger partial charge in [-0.15, -0.1) is 0 Å². The number of pyridine rings is 1. The van der Waals surface area contributed by atoms with E-state index in [1.165, 1.54) is 12.0 Å². The molecule has 0 aromatic carbocycles. The minimum Gasteiger partial charge on any atom is -0.342 e. The highest BCUT2D eigenvalue weighted by Gasteiger charge is 2.25. The van der Waals surface area contributed by atoms with E-state index in [1.807, 2.05) is 35.4 Å². The van der Waals surface area contributed by atoms with Gasteiger partial charge in [-0.05, 0) is 57.6 Å². The van der Waals surface area contributed by atoms with Gasteiger partial charge in [-0.25, -0.2) is 4.98 Å². The fraction of sp³-hybridized carbons (Fsp3) is 0.667. The molecule has 2 saturated heterocycles. The number of carbonyl (C=O) groups excluding carboxylic acids is 2. The Balaban J connectivity index is 1.30. The lowest BCUT2D eigenvalue weighted by atomic mass is 9.99. The van der Waals surface area contributed by atoms with Crippen LogP contribution in [0, 0.1) is 20.8 Å². The predicted octanol–water partition coefficient (Wildman–Crippen LogP) is 1.98. The summed E-state index contributed by atoms with van der Waals surface area (Å²) in [5.41, 5.74) is 5.21. The number of aryl methyl sites for hydroxylation is 4. The summed E-state index contributed by atoms with van der Waals surface area (Å²) in [5.74, 6) is 0.429. The number of fused-ring (bicyclic) bond motifs is 1. The zero-order valence-corrected chi connectivity index (χ0v) is 20.0. The van der Waals surface area contributed by atoms with Crippen LogP contribution in [0.5, 0.6) is 0 Å². The Kier molecular flexibility index (Phi) is 6.79. The van der Waals surface area contributed by atoms with Gasteiger partial charge in [0.15, 0.2) is 5.65 Å². The maximum absolute atomic E-state index is 12.9. The average Bonchev–Trinajstić information content (AvgIpc) is 3.07. The summed E-state index contributed by atoms with van der Waals surface area (Å²) in [6.07, 6.45) is 4.66. The second-order valence-corrected chi connectivity index (χ2v) is 9.31. The maximum atomic E-state index is 12.9. The van der Waals surface area contributed by atoms with Crippen LogP contribution in [0.15, 0.2) is 0 Å². The van der Waals surface area contributed by atoms with Crippen LogP contribution in [0.25, 0.3) is 11.0 Å². The fourth-order valence-electron chi connectivity index (χ4n) is 5.21. The first-order valence-electron chi connectivity index (χ1n) is 11.9. The molecule has 174 valence electrons. The fourth-order valence-corrected chi connectivity index (χ4v) is 5.21. The molecule has 2 aliphatic heterocycles. The molecule has 0 atom stereocenters. The van der Waals surface area contributed by atoms with Crippen LogP contribution in [0.2, 0.25) is 0 Å². The molecule has 2 fully saturated rings. The van der Waals surface area contributed by atoms with Gasteiger partial charge in [-0.2, -0.15) is 5.10 Å². The van der Waals surface area contributed by atoms with Crippen LogP contribution >= 0.6 is 0 Å². The monoisotopic (exact) mass is 440 g/mol. The largest absolute Gasteiger partial charge is 0.342 e. The van der Waals surface area contributed by atoms with Gasteiger partial charge in [0.1, 0.15) is 0 Å². The Bertz CT molecular complexity index is 1000. The molecule has 8 heteroatoms. The molecule has 2 aromatic rings. The summed E-state index contributed by atoms with van der Waals surface area (Å²) in [6, 6.07) is 0. The Labute approximate surface area is 190 Å². The van der Waals surface area contributed by atoms with Crippen molar-refractivity contribution in [2.24, 2.45) is 7.05 Å². The number of hydrogen-bond donors (Lipinski definition) is 0. The lowest BCUT2D eigenvalue weighted by Crippen LogP contribution is -2.52. The molecule has 2 aliphatic rings. The zero-order chi connectivity index (χ0) is 22.8. The minimum absolute atomic E-state index is 0.189. The third kappa shape index (κ3) is 4.65. The first-order valence-corrected chi connectivity index (χ1v) is 11.9. The average molecular weight is 441 g/mol. The first kappa shape index (κ1) is 22.7. The Morgan fingerprint density at radius 2 is 1.50 bits per heavy atom. The molecule has 4 heterocycles. The van der Waals surface area contributed by atoms with Gasteiger partial charge in [0, 0.05) is 63.8 Å². The summed E-state index contributed by atoms with van der Waals surface area (Å²) in [4.78, 5) is 36.3. The molecular weight excluding hydrogens is 404 g/mol. The maximum Gasteiger partial charge on any atom is 0.236 e. The number of amides is 2. The van der Waals surface area contributed by atoms with Crippen LogP contribution in [-0.4, -0.2) is 87.1 Å². The van der Waals surface area contributed by atoms with Crippen molar-refractivity contribution in [2.45, 2.75) is 52.9 Å². The molecule has 0 N–H and O–H groups in total. The predicted molar refractivity (Wildman–Crippen MR) is 124 cm³/mol. The van der Waals surface area contributed by atoms with Crippen LogP contribution in [-0.2, 0) is 23.1 Å². The zero-order valence-electron chi connectivity index (χ0n) is 20.0. The van der Waals surface area contributed by atoms with Crippen molar-refractivity contribution in [1.82, 2.24) is 29.5 Å². The van der Waals surface area contributed by atoms with E-state index in [9.17, 15) is 9.59 Å². The van der Waals surface area contributed by atoms with Crippen molar-refractivity contribution in [3.05, 3.63) is 22.5 Å².